The van der Waals surface area contributed by atoms with Crippen molar-refractivity contribution in [1.29, 1.82) is 0 Å². The van der Waals surface area contributed by atoms with Gasteiger partial charge in [0.2, 0.25) is 0 Å². The maximum Gasteiger partial charge on any atom is 0.410 e. The number of aliphatic carboxylic acids is 1. The van der Waals surface area contributed by atoms with Gasteiger partial charge in [0.1, 0.15) is 6.61 Å². The van der Waals surface area contributed by atoms with E-state index in [-0.39, 0.29) is 19.7 Å². The summed E-state index contributed by atoms with van der Waals surface area (Å²) >= 11 is 0. The second-order valence-electron chi connectivity index (χ2n) is 3.40. The van der Waals surface area contributed by atoms with Crippen molar-refractivity contribution in [2.45, 2.75) is 12.4 Å². The Balaban J connectivity index is 2.61. The van der Waals surface area contributed by atoms with Crippen LogP contribution in [0.25, 0.3) is 0 Å². The third-order valence-electron chi connectivity index (χ3n) is 2.19. The fraction of sp³-hybridized carbons (Fsp3) is 0.600. The maximum atomic E-state index is 11.5. The van der Waals surface area contributed by atoms with Gasteiger partial charge in [0.15, 0.2) is 12.4 Å². The number of morpholine rings is 1. The predicted molar refractivity (Wildman–Crippen MR) is 56.4 cm³/mol. The van der Waals surface area contributed by atoms with Crippen molar-refractivity contribution in [2.24, 2.45) is 0 Å². The summed E-state index contributed by atoms with van der Waals surface area (Å²) in [5, 5.41) is 8.85. The van der Waals surface area contributed by atoms with Crippen LogP contribution in [0.5, 0.6) is 0 Å². The SMILES string of the molecule is C=CCOC(=O)N1C[C@H](OC)O[C@@H](C(=O)O)C1. The molecule has 2 atom stereocenters. The lowest BCUT2D eigenvalue weighted by molar-refractivity contribution is -0.205. The van der Waals surface area contributed by atoms with E-state index in [0.29, 0.717) is 0 Å². The standard InChI is InChI=1S/C10H15NO6/c1-3-4-16-10(14)11-5-7(9(12)13)17-8(6-11)15-2/h3,7-8H,1,4-6H2,2H3,(H,12,13)/t7-,8-/m1/s1. The molecule has 96 valence electrons. The molecule has 17 heavy (non-hydrogen) atoms. The minimum Gasteiger partial charge on any atom is -0.479 e. The summed E-state index contributed by atoms with van der Waals surface area (Å²) in [7, 11) is 1.38. The first-order valence-corrected chi connectivity index (χ1v) is 5.02. The molecule has 0 aromatic carbocycles. The van der Waals surface area contributed by atoms with Crippen LogP contribution in [0.1, 0.15) is 0 Å². The van der Waals surface area contributed by atoms with Crippen LogP contribution in [-0.2, 0) is 19.0 Å². The van der Waals surface area contributed by atoms with Gasteiger partial charge in [0.05, 0.1) is 13.1 Å². The van der Waals surface area contributed by atoms with Crippen LogP contribution in [0.3, 0.4) is 0 Å². The van der Waals surface area contributed by atoms with Gasteiger partial charge in [-0.3, -0.25) is 4.90 Å². The molecule has 1 rings (SSSR count). The molecule has 1 heterocycles. The average Bonchev–Trinajstić information content (AvgIpc) is 2.35. The first kappa shape index (κ1) is 13.5. The van der Waals surface area contributed by atoms with Gasteiger partial charge in [-0.15, -0.1) is 0 Å². The maximum absolute atomic E-state index is 11.5. The minimum absolute atomic E-state index is 0.0643. The molecule has 1 aliphatic rings. The Morgan fingerprint density at radius 3 is 2.82 bits per heavy atom. The number of amides is 1. The molecule has 1 amide bonds. The monoisotopic (exact) mass is 245 g/mol. The number of hydrogen-bond acceptors (Lipinski definition) is 5. The Hall–Kier alpha value is -1.60. The highest BCUT2D eigenvalue weighted by Gasteiger charge is 2.35. The van der Waals surface area contributed by atoms with Crippen LogP contribution < -0.4 is 0 Å². The molecule has 0 bridgehead atoms. The number of rotatable bonds is 4. The molecule has 0 aromatic rings. The number of hydrogen-bond donors (Lipinski definition) is 1. The van der Waals surface area contributed by atoms with Crippen molar-refractivity contribution < 1.29 is 28.9 Å². The van der Waals surface area contributed by atoms with E-state index in [1.54, 1.807) is 0 Å². The summed E-state index contributed by atoms with van der Waals surface area (Å²) in [6, 6.07) is 0. The number of methoxy groups -OCH3 is 1. The molecule has 0 aromatic heterocycles. The molecule has 1 saturated heterocycles. The number of ether oxygens (including phenoxy) is 3. The van der Waals surface area contributed by atoms with E-state index < -0.39 is 24.5 Å². The van der Waals surface area contributed by atoms with E-state index in [1.165, 1.54) is 18.1 Å². The second kappa shape index (κ2) is 6.21. The number of nitrogens with zero attached hydrogens (tertiary/aromatic N) is 1. The highest BCUT2D eigenvalue weighted by molar-refractivity contribution is 5.75. The molecule has 0 saturated carbocycles. The van der Waals surface area contributed by atoms with Crippen molar-refractivity contribution >= 4 is 12.1 Å². The number of carbonyl (C=O) groups excluding carboxylic acids is 1. The second-order valence-corrected chi connectivity index (χ2v) is 3.40. The van der Waals surface area contributed by atoms with E-state index in [1.807, 2.05) is 0 Å². The lowest BCUT2D eigenvalue weighted by Crippen LogP contribution is -2.53. The lowest BCUT2D eigenvalue weighted by atomic mass is 10.3. The smallest absolute Gasteiger partial charge is 0.410 e. The molecule has 1 aliphatic heterocycles. The number of carbonyl (C=O) groups is 2. The molecule has 0 aliphatic carbocycles. The summed E-state index contributed by atoms with van der Waals surface area (Å²) in [4.78, 5) is 23.6. The largest absolute Gasteiger partial charge is 0.479 e. The van der Waals surface area contributed by atoms with Crippen molar-refractivity contribution in [3.63, 3.8) is 0 Å². The average molecular weight is 245 g/mol. The molecule has 7 nitrogen and oxygen atoms in total. The topological polar surface area (TPSA) is 85.3 Å². The zero-order valence-electron chi connectivity index (χ0n) is 9.50. The van der Waals surface area contributed by atoms with E-state index in [4.69, 9.17) is 19.3 Å². The fourth-order valence-electron chi connectivity index (χ4n) is 1.36. The molecule has 0 spiro atoms. The van der Waals surface area contributed by atoms with Gasteiger partial charge in [0, 0.05) is 7.11 Å². The van der Waals surface area contributed by atoms with E-state index in [9.17, 15) is 9.59 Å². The Bertz CT molecular complexity index is 305. The van der Waals surface area contributed by atoms with Gasteiger partial charge < -0.3 is 19.3 Å². The van der Waals surface area contributed by atoms with Crippen molar-refractivity contribution in [1.82, 2.24) is 4.90 Å². The minimum atomic E-state index is -1.15. The van der Waals surface area contributed by atoms with Crippen LogP contribution in [0.2, 0.25) is 0 Å². The highest BCUT2D eigenvalue weighted by Crippen LogP contribution is 2.13. The van der Waals surface area contributed by atoms with Gasteiger partial charge in [0.25, 0.3) is 0 Å². The molecule has 1 fully saturated rings. The molecule has 0 unspecified atom stereocenters. The van der Waals surface area contributed by atoms with E-state index in [2.05, 4.69) is 6.58 Å². The Morgan fingerprint density at radius 1 is 1.59 bits per heavy atom. The zero-order chi connectivity index (χ0) is 12.8. The summed E-state index contributed by atoms with van der Waals surface area (Å²) in [6.45, 7) is 3.56. The Morgan fingerprint density at radius 2 is 2.29 bits per heavy atom. The van der Waals surface area contributed by atoms with Gasteiger partial charge >= 0.3 is 12.1 Å². The van der Waals surface area contributed by atoms with Crippen LogP contribution >= 0.6 is 0 Å². The van der Waals surface area contributed by atoms with Crippen LogP contribution in [0.15, 0.2) is 12.7 Å². The van der Waals surface area contributed by atoms with E-state index >= 15 is 0 Å². The summed E-state index contributed by atoms with van der Waals surface area (Å²) in [5.41, 5.74) is 0. The Labute approximate surface area is 98.5 Å². The van der Waals surface area contributed by atoms with Gasteiger partial charge in [-0.05, 0) is 0 Å². The normalized spacial score (nSPS) is 24.2. The van der Waals surface area contributed by atoms with Crippen molar-refractivity contribution in [2.75, 3.05) is 26.8 Å². The number of carboxylic acids is 1. The summed E-state index contributed by atoms with van der Waals surface area (Å²) in [6.07, 6.45) is -1.05. The highest BCUT2D eigenvalue weighted by atomic mass is 16.7. The molecule has 0 radical (unpaired) electrons. The van der Waals surface area contributed by atoms with Crippen molar-refractivity contribution in [3.05, 3.63) is 12.7 Å². The van der Waals surface area contributed by atoms with Gasteiger partial charge in [-0.25, -0.2) is 9.59 Å². The van der Waals surface area contributed by atoms with Gasteiger partial charge in [-0.2, -0.15) is 0 Å². The zero-order valence-corrected chi connectivity index (χ0v) is 9.50. The molecular weight excluding hydrogens is 230 g/mol. The fourth-order valence-corrected chi connectivity index (χ4v) is 1.36. The summed E-state index contributed by atoms with van der Waals surface area (Å²) in [5.74, 6) is -1.15. The van der Waals surface area contributed by atoms with Crippen LogP contribution in [0.4, 0.5) is 4.79 Å². The molecule has 1 N–H and O–H groups in total. The lowest BCUT2D eigenvalue weighted by Gasteiger charge is -2.34. The van der Waals surface area contributed by atoms with Crippen LogP contribution in [0, 0.1) is 0 Å². The summed E-state index contributed by atoms with van der Waals surface area (Å²) < 4.78 is 14.8. The quantitative estimate of drug-likeness (QED) is 0.705. The molecular formula is C10H15NO6. The first-order chi connectivity index (χ1) is 8.08. The molecule has 7 heteroatoms. The third-order valence-corrected chi connectivity index (χ3v) is 2.19. The van der Waals surface area contributed by atoms with Gasteiger partial charge in [-0.1, -0.05) is 12.7 Å². The van der Waals surface area contributed by atoms with Crippen LogP contribution in [-0.4, -0.2) is 61.3 Å². The van der Waals surface area contributed by atoms with Crippen molar-refractivity contribution in [3.8, 4) is 0 Å². The predicted octanol–water partition coefficient (Wildman–Crippen LogP) is 0.0669. The Kier molecular flexibility index (Phi) is 4.92. The van der Waals surface area contributed by atoms with E-state index in [0.717, 1.165) is 0 Å². The third kappa shape index (κ3) is 3.72. The number of carboxylic acid groups (broad SMARTS) is 1. The first-order valence-electron chi connectivity index (χ1n) is 5.02.